The fourth-order valence-corrected chi connectivity index (χ4v) is 2.26. The van der Waals surface area contributed by atoms with Crippen molar-refractivity contribution in [2.75, 3.05) is 20.3 Å². The summed E-state index contributed by atoms with van der Waals surface area (Å²) in [5.41, 5.74) is 0. The highest BCUT2D eigenvalue weighted by Crippen LogP contribution is 2.27. The second-order valence-electron chi connectivity index (χ2n) is 5.41. The molecule has 1 N–H and O–H groups in total. The third-order valence-corrected chi connectivity index (χ3v) is 3.33. The van der Waals surface area contributed by atoms with E-state index in [1.165, 1.54) is 19.3 Å². The third-order valence-electron chi connectivity index (χ3n) is 2.98. The lowest BCUT2D eigenvalue weighted by Crippen LogP contribution is -2.46. The van der Waals surface area contributed by atoms with Crippen LogP contribution in [0.25, 0.3) is 0 Å². The van der Waals surface area contributed by atoms with Gasteiger partial charge in [0.1, 0.15) is 0 Å². The average molecular weight is 258 g/mol. The van der Waals surface area contributed by atoms with E-state index in [-0.39, 0.29) is 6.04 Å². The van der Waals surface area contributed by atoms with Crippen LogP contribution >= 0.6 is 12.2 Å². The van der Waals surface area contributed by atoms with Gasteiger partial charge in [-0.25, -0.2) is 0 Å². The number of rotatable bonds is 7. The molecule has 100 valence electrons. The van der Waals surface area contributed by atoms with E-state index < -0.39 is 0 Å². The molecule has 0 aromatic rings. The number of hydrogen-bond acceptors (Lipinski definition) is 2. The van der Waals surface area contributed by atoms with Crippen molar-refractivity contribution in [1.82, 2.24) is 10.2 Å². The van der Waals surface area contributed by atoms with Crippen molar-refractivity contribution in [2.24, 2.45) is 5.92 Å². The van der Waals surface area contributed by atoms with Crippen LogP contribution in [0, 0.1) is 5.92 Å². The van der Waals surface area contributed by atoms with Gasteiger partial charge in [0.2, 0.25) is 0 Å². The van der Waals surface area contributed by atoms with Crippen LogP contribution in [0.4, 0.5) is 0 Å². The average Bonchev–Trinajstić information content (AvgIpc) is 3.01. The molecule has 0 aromatic heterocycles. The molecule has 1 fully saturated rings. The van der Waals surface area contributed by atoms with Gasteiger partial charge in [-0.15, -0.1) is 0 Å². The Labute approximate surface area is 111 Å². The van der Waals surface area contributed by atoms with E-state index in [2.05, 4.69) is 31.0 Å². The number of nitrogens with one attached hydrogen (secondary N) is 1. The Morgan fingerprint density at radius 1 is 1.41 bits per heavy atom. The molecule has 17 heavy (non-hydrogen) atoms. The van der Waals surface area contributed by atoms with Crippen LogP contribution in [0.2, 0.25) is 0 Å². The first kappa shape index (κ1) is 14.7. The minimum atomic E-state index is 0.285. The number of methoxy groups -OCH3 is 1. The van der Waals surface area contributed by atoms with Gasteiger partial charge in [0.05, 0.1) is 6.61 Å². The van der Waals surface area contributed by atoms with Crippen LogP contribution in [-0.2, 0) is 4.74 Å². The summed E-state index contributed by atoms with van der Waals surface area (Å²) in [6, 6.07) is 0.969. The van der Waals surface area contributed by atoms with Crippen molar-refractivity contribution in [3.63, 3.8) is 0 Å². The predicted molar refractivity (Wildman–Crippen MR) is 76.3 cm³/mol. The monoisotopic (exact) mass is 258 g/mol. The van der Waals surface area contributed by atoms with Gasteiger partial charge >= 0.3 is 0 Å². The summed E-state index contributed by atoms with van der Waals surface area (Å²) in [5, 5.41) is 4.26. The van der Waals surface area contributed by atoms with E-state index in [1.807, 2.05) is 0 Å². The molecule has 0 heterocycles. The van der Waals surface area contributed by atoms with Crippen molar-refractivity contribution in [1.29, 1.82) is 0 Å². The van der Waals surface area contributed by atoms with Gasteiger partial charge in [0.15, 0.2) is 5.11 Å². The second-order valence-corrected chi connectivity index (χ2v) is 5.80. The maximum Gasteiger partial charge on any atom is 0.169 e. The van der Waals surface area contributed by atoms with Gasteiger partial charge in [0.25, 0.3) is 0 Å². The molecular weight excluding hydrogens is 232 g/mol. The zero-order chi connectivity index (χ0) is 12.8. The Morgan fingerprint density at radius 3 is 2.53 bits per heavy atom. The lowest BCUT2D eigenvalue weighted by molar-refractivity contribution is 0.177. The van der Waals surface area contributed by atoms with Gasteiger partial charge < -0.3 is 15.0 Å². The molecule has 0 bridgehead atoms. The van der Waals surface area contributed by atoms with Crippen LogP contribution in [0.1, 0.15) is 40.0 Å². The third kappa shape index (κ3) is 5.68. The summed E-state index contributed by atoms with van der Waals surface area (Å²) < 4.78 is 5.12. The number of nitrogens with zero attached hydrogens (tertiary/aromatic N) is 1. The second kappa shape index (κ2) is 7.17. The van der Waals surface area contributed by atoms with Crippen molar-refractivity contribution in [3.8, 4) is 0 Å². The van der Waals surface area contributed by atoms with Crippen molar-refractivity contribution < 1.29 is 4.74 Å². The van der Waals surface area contributed by atoms with E-state index in [0.29, 0.717) is 12.6 Å². The van der Waals surface area contributed by atoms with Crippen LogP contribution < -0.4 is 5.32 Å². The molecule has 0 saturated heterocycles. The smallest absolute Gasteiger partial charge is 0.169 e. The Morgan fingerprint density at radius 2 is 2.06 bits per heavy atom. The largest absolute Gasteiger partial charge is 0.383 e. The molecule has 3 nitrogen and oxygen atoms in total. The summed E-state index contributed by atoms with van der Waals surface area (Å²) in [6.07, 6.45) is 3.79. The molecule has 0 amide bonds. The molecule has 0 radical (unpaired) electrons. The molecule has 4 heteroatoms. The Bertz CT molecular complexity index is 242. The van der Waals surface area contributed by atoms with E-state index in [1.54, 1.807) is 7.11 Å². The zero-order valence-corrected chi connectivity index (χ0v) is 12.3. The van der Waals surface area contributed by atoms with Crippen LogP contribution in [0.5, 0.6) is 0 Å². The summed E-state index contributed by atoms with van der Waals surface area (Å²) in [7, 11) is 1.72. The quantitative estimate of drug-likeness (QED) is 0.709. The summed E-state index contributed by atoms with van der Waals surface area (Å²) in [5.74, 6) is 0.732. The van der Waals surface area contributed by atoms with Gasteiger partial charge in [-0.1, -0.05) is 13.8 Å². The van der Waals surface area contributed by atoms with E-state index in [9.17, 15) is 0 Å². The lowest BCUT2D eigenvalue weighted by Gasteiger charge is -2.28. The molecule has 1 atom stereocenters. The van der Waals surface area contributed by atoms with Crippen LogP contribution in [0.15, 0.2) is 0 Å². The standard InChI is InChI=1S/C13H26N2OS/c1-10(2)7-8-15(12-5-6-12)13(17)14-11(3)9-16-4/h10-12H,5-9H2,1-4H3,(H,14,17). The van der Waals surface area contributed by atoms with Crippen molar-refractivity contribution in [3.05, 3.63) is 0 Å². The Hall–Kier alpha value is -0.350. The maximum absolute atomic E-state index is 5.49. The molecule has 0 aliphatic heterocycles. The normalized spacial score (nSPS) is 17.0. The SMILES string of the molecule is COCC(C)NC(=S)N(CCC(C)C)C1CC1. The Balaban J connectivity index is 2.37. The van der Waals surface area contributed by atoms with Gasteiger partial charge in [-0.2, -0.15) is 0 Å². The van der Waals surface area contributed by atoms with E-state index in [0.717, 1.165) is 17.6 Å². The molecule has 1 rings (SSSR count). The minimum absolute atomic E-state index is 0.285. The summed E-state index contributed by atoms with van der Waals surface area (Å²) in [4.78, 5) is 2.36. The highest BCUT2D eigenvalue weighted by molar-refractivity contribution is 7.80. The van der Waals surface area contributed by atoms with Crippen molar-refractivity contribution in [2.45, 2.75) is 52.1 Å². The Kier molecular flexibility index (Phi) is 6.20. The maximum atomic E-state index is 5.49. The first-order chi connectivity index (χ1) is 8.04. The highest BCUT2D eigenvalue weighted by atomic mass is 32.1. The fraction of sp³-hybridized carbons (Fsp3) is 0.923. The molecule has 0 aromatic carbocycles. The summed E-state index contributed by atoms with van der Waals surface area (Å²) >= 11 is 5.49. The van der Waals surface area contributed by atoms with Crippen molar-refractivity contribution >= 4 is 17.3 Å². The first-order valence-corrected chi connectivity index (χ1v) is 7.01. The van der Waals surface area contributed by atoms with E-state index in [4.69, 9.17) is 17.0 Å². The van der Waals surface area contributed by atoms with Crippen LogP contribution in [-0.4, -0.2) is 42.4 Å². The molecule has 1 unspecified atom stereocenters. The van der Waals surface area contributed by atoms with Crippen LogP contribution in [0.3, 0.4) is 0 Å². The molecule has 1 aliphatic carbocycles. The molecular formula is C13H26N2OS. The number of hydrogen-bond donors (Lipinski definition) is 1. The van der Waals surface area contributed by atoms with Gasteiger partial charge in [-0.3, -0.25) is 0 Å². The van der Waals surface area contributed by atoms with Gasteiger partial charge in [0, 0.05) is 25.7 Å². The molecule has 0 spiro atoms. The molecule has 1 aliphatic rings. The minimum Gasteiger partial charge on any atom is -0.383 e. The zero-order valence-electron chi connectivity index (χ0n) is 11.5. The van der Waals surface area contributed by atoms with E-state index >= 15 is 0 Å². The molecule has 1 saturated carbocycles. The van der Waals surface area contributed by atoms with Gasteiger partial charge in [-0.05, 0) is 44.3 Å². The summed E-state index contributed by atoms with van der Waals surface area (Å²) in [6.45, 7) is 8.39. The predicted octanol–water partition coefficient (Wildman–Crippen LogP) is 2.41. The topological polar surface area (TPSA) is 24.5 Å². The number of thiocarbonyl (C=S) groups is 1. The highest BCUT2D eigenvalue weighted by Gasteiger charge is 2.30. The first-order valence-electron chi connectivity index (χ1n) is 6.60. The lowest BCUT2D eigenvalue weighted by atomic mass is 10.1. The fourth-order valence-electron chi connectivity index (χ4n) is 1.82. The number of ether oxygens (including phenoxy) is 1.